The van der Waals surface area contributed by atoms with E-state index in [2.05, 4.69) is 12.1 Å². The Labute approximate surface area is 125 Å². The number of thioether (sulfide) groups is 1. The highest BCUT2D eigenvalue weighted by Crippen LogP contribution is 2.47. The zero-order chi connectivity index (χ0) is 14.5. The molecule has 3 atom stereocenters. The molecule has 0 saturated heterocycles. The molecule has 0 bridgehead atoms. The first-order valence-electron chi connectivity index (χ1n) is 7.91. The number of carbonyl (C=O) groups excluding carboxylic acids is 1. The Balaban J connectivity index is 2.20. The highest BCUT2D eigenvalue weighted by molar-refractivity contribution is 8.03. The first kappa shape index (κ1) is 15.7. The van der Waals surface area contributed by atoms with Crippen LogP contribution in [0.4, 0.5) is 0 Å². The molecule has 2 aliphatic rings. The summed E-state index contributed by atoms with van der Waals surface area (Å²) in [6.45, 7) is 4.09. The molecule has 2 rings (SSSR count). The van der Waals surface area contributed by atoms with Gasteiger partial charge in [0.05, 0.1) is 0 Å². The fourth-order valence-corrected chi connectivity index (χ4v) is 4.80. The average Bonchev–Trinajstić information content (AvgIpc) is 2.43. The first-order chi connectivity index (χ1) is 9.69. The van der Waals surface area contributed by atoms with Crippen LogP contribution in [0.2, 0.25) is 0 Å². The Hall–Kier alpha value is -0.640. The van der Waals surface area contributed by atoms with Crippen LogP contribution in [0.5, 0.6) is 0 Å². The minimum Gasteiger partial charge on any atom is -0.269 e. The van der Waals surface area contributed by atoms with Gasteiger partial charge in [-0.2, -0.15) is 0 Å². The van der Waals surface area contributed by atoms with E-state index in [0.29, 0.717) is 11.8 Å². The normalized spacial score (nSPS) is 27.6. The Kier molecular flexibility index (Phi) is 5.82. The van der Waals surface area contributed by atoms with Crippen molar-refractivity contribution in [2.75, 3.05) is 5.75 Å². The summed E-state index contributed by atoms with van der Waals surface area (Å²) in [4.78, 5) is 23.8. The van der Waals surface area contributed by atoms with Crippen LogP contribution >= 0.6 is 11.8 Å². The summed E-state index contributed by atoms with van der Waals surface area (Å²) in [5, 5.41) is 2.67. The quantitative estimate of drug-likeness (QED) is 0.677. The van der Waals surface area contributed by atoms with Crippen molar-refractivity contribution in [3.8, 4) is 0 Å². The maximum absolute atomic E-state index is 11.7. The lowest BCUT2D eigenvalue weighted by atomic mass is 9.71. The second kappa shape index (κ2) is 7.39. The average molecular weight is 295 g/mol. The van der Waals surface area contributed by atoms with E-state index in [4.69, 9.17) is 0 Å². The molecular weight excluding hydrogens is 270 g/mol. The summed E-state index contributed by atoms with van der Waals surface area (Å²) in [6, 6.07) is 0. The van der Waals surface area contributed by atoms with Crippen molar-refractivity contribution in [2.45, 2.75) is 58.8 Å². The predicted molar refractivity (Wildman–Crippen MR) is 84.4 cm³/mol. The number of rotatable bonds is 5. The van der Waals surface area contributed by atoms with E-state index in [1.54, 1.807) is 10.5 Å². The molecule has 0 aliphatic heterocycles. The van der Waals surface area contributed by atoms with E-state index in [0.717, 1.165) is 12.2 Å². The van der Waals surface area contributed by atoms with Gasteiger partial charge in [-0.1, -0.05) is 32.3 Å². The summed E-state index contributed by atoms with van der Waals surface area (Å²) < 4.78 is 0. The van der Waals surface area contributed by atoms with Crippen LogP contribution in [0.3, 0.4) is 0 Å². The van der Waals surface area contributed by atoms with Gasteiger partial charge in [-0.3, -0.25) is 4.79 Å². The number of hydrogen-bond acceptors (Lipinski definition) is 3. The van der Waals surface area contributed by atoms with Crippen LogP contribution in [0.1, 0.15) is 58.8 Å². The lowest BCUT2D eigenvalue weighted by molar-refractivity contribution is -0.123. The molecule has 0 spiro atoms. The summed E-state index contributed by atoms with van der Waals surface area (Å²) in [5.41, 5.74) is 1.62. The fourth-order valence-electron chi connectivity index (χ4n) is 3.58. The Morgan fingerprint density at radius 1 is 1.30 bits per heavy atom. The zero-order valence-electron chi connectivity index (χ0n) is 12.6. The van der Waals surface area contributed by atoms with Crippen molar-refractivity contribution in [1.29, 1.82) is 0 Å². The van der Waals surface area contributed by atoms with Gasteiger partial charge >= 0.3 is 0 Å². The Morgan fingerprint density at radius 2 is 2.00 bits per heavy atom. The third kappa shape index (κ3) is 3.33. The SMILES string of the molecule is CCSC(=C1CCC1)C1CCCCC1C(C)C(=O)N=O. The smallest absolute Gasteiger partial charge is 0.269 e. The lowest BCUT2D eigenvalue weighted by Crippen LogP contribution is -2.31. The van der Waals surface area contributed by atoms with E-state index in [9.17, 15) is 9.70 Å². The van der Waals surface area contributed by atoms with E-state index >= 15 is 0 Å². The monoisotopic (exact) mass is 295 g/mol. The summed E-state index contributed by atoms with van der Waals surface area (Å²) >= 11 is 1.97. The molecule has 1 amide bonds. The molecule has 20 heavy (non-hydrogen) atoms. The van der Waals surface area contributed by atoms with Gasteiger partial charge in [0, 0.05) is 11.1 Å². The minimum atomic E-state index is -0.457. The van der Waals surface area contributed by atoms with E-state index in [-0.39, 0.29) is 5.92 Å². The molecule has 3 nitrogen and oxygen atoms in total. The molecule has 2 fully saturated rings. The van der Waals surface area contributed by atoms with Gasteiger partial charge in [0.2, 0.25) is 0 Å². The third-order valence-corrected chi connectivity index (χ3v) is 6.07. The standard InChI is InChI=1S/C16H25NO2S/c1-3-20-15(12-7-6-8-12)14-10-5-4-9-13(14)11(2)16(18)17-19/h11,13-14H,3-10H2,1-2H3. The van der Waals surface area contributed by atoms with Crippen LogP contribution in [0, 0.1) is 22.7 Å². The Bertz CT molecular complexity index is 399. The van der Waals surface area contributed by atoms with E-state index in [1.807, 2.05) is 18.7 Å². The second-order valence-electron chi connectivity index (χ2n) is 6.03. The number of hydrogen-bond donors (Lipinski definition) is 0. The van der Waals surface area contributed by atoms with Gasteiger partial charge in [0.25, 0.3) is 5.91 Å². The van der Waals surface area contributed by atoms with Crippen LogP contribution in [0.25, 0.3) is 0 Å². The van der Waals surface area contributed by atoms with Crippen molar-refractivity contribution < 1.29 is 4.79 Å². The van der Waals surface area contributed by atoms with Gasteiger partial charge in [-0.15, -0.1) is 16.7 Å². The van der Waals surface area contributed by atoms with Crippen molar-refractivity contribution in [2.24, 2.45) is 22.9 Å². The lowest BCUT2D eigenvalue weighted by Gasteiger charge is -2.38. The molecule has 3 unspecified atom stereocenters. The zero-order valence-corrected chi connectivity index (χ0v) is 13.4. The van der Waals surface area contributed by atoms with Crippen molar-refractivity contribution in [3.63, 3.8) is 0 Å². The second-order valence-corrected chi connectivity index (χ2v) is 7.33. The van der Waals surface area contributed by atoms with Gasteiger partial charge in [-0.05, 0) is 54.6 Å². The van der Waals surface area contributed by atoms with Gasteiger partial charge in [0.1, 0.15) is 0 Å². The third-order valence-electron chi connectivity index (χ3n) is 4.88. The van der Waals surface area contributed by atoms with E-state index < -0.39 is 5.91 Å². The molecule has 0 radical (unpaired) electrons. The van der Waals surface area contributed by atoms with Gasteiger partial charge in [-0.25, -0.2) is 0 Å². The molecule has 0 N–H and O–H groups in total. The number of amides is 1. The molecule has 4 heteroatoms. The largest absolute Gasteiger partial charge is 0.289 e. The number of carbonyl (C=O) groups is 1. The summed E-state index contributed by atoms with van der Waals surface area (Å²) in [6.07, 6.45) is 8.44. The molecule has 0 aromatic carbocycles. The molecule has 0 aromatic rings. The molecule has 2 aliphatic carbocycles. The van der Waals surface area contributed by atoms with Crippen molar-refractivity contribution in [1.82, 2.24) is 0 Å². The van der Waals surface area contributed by atoms with Gasteiger partial charge < -0.3 is 0 Å². The fraction of sp³-hybridized carbons (Fsp3) is 0.812. The molecule has 112 valence electrons. The van der Waals surface area contributed by atoms with Crippen LogP contribution in [-0.4, -0.2) is 11.7 Å². The van der Waals surface area contributed by atoms with Gasteiger partial charge in [0.15, 0.2) is 0 Å². The Morgan fingerprint density at radius 3 is 2.55 bits per heavy atom. The summed E-state index contributed by atoms with van der Waals surface area (Å²) in [5.74, 6) is 1.23. The van der Waals surface area contributed by atoms with Crippen molar-refractivity contribution >= 4 is 17.7 Å². The molecule has 2 saturated carbocycles. The topological polar surface area (TPSA) is 46.5 Å². The van der Waals surface area contributed by atoms with E-state index in [1.165, 1.54) is 38.5 Å². The first-order valence-corrected chi connectivity index (χ1v) is 8.89. The number of nitrogens with zero attached hydrogens (tertiary/aromatic N) is 1. The number of nitroso groups, excluding NO2 is 1. The molecule has 0 heterocycles. The van der Waals surface area contributed by atoms with Crippen LogP contribution in [0.15, 0.2) is 15.7 Å². The van der Waals surface area contributed by atoms with Crippen molar-refractivity contribution in [3.05, 3.63) is 15.4 Å². The highest BCUT2D eigenvalue weighted by Gasteiger charge is 2.37. The molecule has 0 aromatic heterocycles. The highest BCUT2D eigenvalue weighted by atomic mass is 32.2. The maximum Gasteiger partial charge on any atom is 0.289 e. The summed E-state index contributed by atoms with van der Waals surface area (Å²) in [7, 11) is 0. The maximum atomic E-state index is 11.7. The minimum absolute atomic E-state index is 0.217. The van der Waals surface area contributed by atoms with Crippen LogP contribution < -0.4 is 0 Å². The number of allylic oxidation sites excluding steroid dienone is 2. The molecular formula is C16H25NO2S. The van der Waals surface area contributed by atoms with Crippen LogP contribution in [-0.2, 0) is 4.79 Å². The predicted octanol–water partition coefficient (Wildman–Crippen LogP) is 4.91.